The minimum absolute atomic E-state index is 0.0691. The molecule has 1 aliphatic rings. The Hall–Kier alpha value is -1.12. The topological polar surface area (TPSA) is 62.6 Å². The summed E-state index contributed by atoms with van der Waals surface area (Å²) >= 11 is 0. The summed E-state index contributed by atoms with van der Waals surface area (Å²) < 4.78 is 9.97. The Morgan fingerprint density at radius 2 is 1.82 bits per heavy atom. The van der Waals surface area contributed by atoms with Gasteiger partial charge in [0.25, 0.3) is 0 Å². The largest absolute Gasteiger partial charge is 0.383 e. The summed E-state index contributed by atoms with van der Waals surface area (Å²) in [4.78, 5) is 14.0. The van der Waals surface area contributed by atoms with Gasteiger partial charge in [-0.3, -0.25) is 4.79 Å². The van der Waals surface area contributed by atoms with Crippen LogP contribution in [0, 0.1) is 16.7 Å². The van der Waals surface area contributed by atoms with Crippen LogP contribution in [0.4, 0.5) is 0 Å². The number of methoxy groups -OCH3 is 2. The monoisotopic (exact) mass is 240 g/mol. The molecule has 0 saturated heterocycles. The lowest BCUT2D eigenvalue weighted by Crippen LogP contribution is -2.49. The maximum atomic E-state index is 12.3. The second-order valence-corrected chi connectivity index (χ2v) is 4.33. The molecule has 0 aromatic carbocycles. The summed E-state index contributed by atoms with van der Waals surface area (Å²) in [5, 5.41) is 9.15. The molecule has 0 heterocycles. The zero-order valence-corrected chi connectivity index (χ0v) is 10.6. The lowest BCUT2D eigenvalue weighted by Gasteiger charge is -2.38. The van der Waals surface area contributed by atoms with Crippen LogP contribution < -0.4 is 0 Å². The van der Waals surface area contributed by atoms with Crippen molar-refractivity contribution in [3.8, 4) is 6.07 Å². The van der Waals surface area contributed by atoms with Gasteiger partial charge in [0.05, 0.1) is 19.3 Å². The van der Waals surface area contributed by atoms with E-state index in [2.05, 4.69) is 6.07 Å². The quantitative estimate of drug-likeness (QED) is 0.660. The highest BCUT2D eigenvalue weighted by Crippen LogP contribution is 2.41. The number of nitriles is 1. The van der Waals surface area contributed by atoms with Gasteiger partial charge in [-0.05, 0) is 19.3 Å². The van der Waals surface area contributed by atoms with E-state index >= 15 is 0 Å². The van der Waals surface area contributed by atoms with Crippen molar-refractivity contribution in [1.82, 2.24) is 4.90 Å². The number of amides is 1. The van der Waals surface area contributed by atoms with E-state index in [9.17, 15) is 4.79 Å². The molecule has 0 bridgehead atoms. The standard InChI is InChI=1S/C12H20N2O3/c1-16-8-6-14(7-9-17-2)11(15)12(10-13)4-3-5-12/h3-9H2,1-2H3. The second-order valence-electron chi connectivity index (χ2n) is 4.33. The van der Waals surface area contributed by atoms with Crippen LogP contribution in [0.1, 0.15) is 19.3 Å². The molecular weight excluding hydrogens is 220 g/mol. The molecule has 1 aliphatic carbocycles. The molecule has 0 spiro atoms. The summed E-state index contributed by atoms with van der Waals surface area (Å²) in [5.74, 6) is -0.0691. The van der Waals surface area contributed by atoms with E-state index in [0.717, 1.165) is 6.42 Å². The first kappa shape index (κ1) is 13.9. The van der Waals surface area contributed by atoms with Crippen molar-refractivity contribution in [1.29, 1.82) is 5.26 Å². The Labute approximate surface area is 102 Å². The van der Waals surface area contributed by atoms with Crippen LogP contribution in [-0.2, 0) is 14.3 Å². The first-order valence-corrected chi connectivity index (χ1v) is 5.88. The molecule has 5 nitrogen and oxygen atoms in total. The number of rotatable bonds is 7. The van der Waals surface area contributed by atoms with Gasteiger partial charge < -0.3 is 14.4 Å². The maximum absolute atomic E-state index is 12.3. The van der Waals surface area contributed by atoms with Crippen LogP contribution >= 0.6 is 0 Å². The molecule has 1 saturated carbocycles. The number of nitrogens with zero attached hydrogens (tertiary/aromatic N) is 2. The van der Waals surface area contributed by atoms with Crippen molar-refractivity contribution >= 4 is 5.91 Å². The van der Waals surface area contributed by atoms with Crippen molar-refractivity contribution in [3.63, 3.8) is 0 Å². The minimum Gasteiger partial charge on any atom is -0.383 e. The molecule has 1 amide bonds. The van der Waals surface area contributed by atoms with Crippen molar-refractivity contribution in [2.24, 2.45) is 5.41 Å². The minimum atomic E-state index is -0.776. The normalized spacial score (nSPS) is 17.0. The molecule has 96 valence electrons. The fourth-order valence-electron chi connectivity index (χ4n) is 1.92. The predicted molar refractivity (Wildman–Crippen MR) is 62.2 cm³/mol. The van der Waals surface area contributed by atoms with Crippen LogP contribution in [0.5, 0.6) is 0 Å². The lowest BCUT2D eigenvalue weighted by molar-refractivity contribution is -0.144. The smallest absolute Gasteiger partial charge is 0.243 e. The van der Waals surface area contributed by atoms with Crippen LogP contribution in [0.2, 0.25) is 0 Å². The number of carbonyl (C=O) groups is 1. The maximum Gasteiger partial charge on any atom is 0.243 e. The van der Waals surface area contributed by atoms with Crippen LogP contribution in [-0.4, -0.2) is 51.3 Å². The molecule has 1 rings (SSSR count). The molecule has 1 fully saturated rings. The number of hydrogen-bond donors (Lipinski definition) is 0. The van der Waals surface area contributed by atoms with E-state index in [1.54, 1.807) is 19.1 Å². The molecule has 0 unspecified atom stereocenters. The predicted octanol–water partition coefficient (Wildman–Crippen LogP) is 0.802. The van der Waals surface area contributed by atoms with Crippen molar-refractivity contribution in [2.75, 3.05) is 40.5 Å². The van der Waals surface area contributed by atoms with Crippen molar-refractivity contribution in [3.05, 3.63) is 0 Å². The van der Waals surface area contributed by atoms with Crippen molar-refractivity contribution in [2.45, 2.75) is 19.3 Å². The Morgan fingerprint density at radius 3 is 2.12 bits per heavy atom. The highest BCUT2D eigenvalue weighted by Gasteiger charge is 2.46. The third kappa shape index (κ3) is 3.18. The zero-order valence-electron chi connectivity index (χ0n) is 10.6. The first-order chi connectivity index (χ1) is 8.20. The Balaban J connectivity index is 2.61. The van der Waals surface area contributed by atoms with E-state index in [1.807, 2.05) is 0 Å². The number of carbonyl (C=O) groups excluding carboxylic acids is 1. The molecule has 0 aromatic heterocycles. The number of hydrogen-bond acceptors (Lipinski definition) is 4. The summed E-state index contributed by atoms with van der Waals surface area (Å²) in [5.41, 5.74) is -0.776. The van der Waals surface area contributed by atoms with Gasteiger partial charge in [-0.25, -0.2) is 0 Å². The van der Waals surface area contributed by atoms with E-state index in [1.165, 1.54) is 0 Å². The molecule has 0 aromatic rings. The highest BCUT2D eigenvalue weighted by molar-refractivity contribution is 5.86. The molecule has 0 radical (unpaired) electrons. The van der Waals surface area contributed by atoms with Crippen LogP contribution in [0.25, 0.3) is 0 Å². The molecule has 0 aliphatic heterocycles. The second kappa shape index (κ2) is 6.58. The van der Waals surface area contributed by atoms with Gasteiger partial charge in [-0.15, -0.1) is 0 Å². The van der Waals surface area contributed by atoms with Crippen LogP contribution in [0.3, 0.4) is 0 Å². The Kier molecular flexibility index (Phi) is 5.39. The molecular formula is C12H20N2O3. The molecule has 0 N–H and O–H groups in total. The van der Waals surface area contributed by atoms with Crippen LogP contribution in [0.15, 0.2) is 0 Å². The number of ether oxygens (including phenoxy) is 2. The third-order valence-electron chi connectivity index (χ3n) is 3.25. The summed E-state index contributed by atoms with van der Waals surface area (Å²) in [6.07, 6.45) is 2.32. The first-order valence-electron chi connectivity index (χ1n) is 5.88. The molecule has 17 heavy (non-hydrogen) atoms. The van der Waals surface area contributed by atoms with Gasteiger partial charge in [-0.2, -0.15) is 5.26 Å². The average molecular weight is 240 g/mol. The zero-order chi connectivity index (χ0) is 12.7. The van der Waals surface area contributed by atoms with E-state index in [0.29, 0.717) is 39.1 Å². The van der Waals surface area contributed by atoms with Gasteiger partial charge in [-0.1, -0.05) is 0 Å². The summed E-state index contributed by atoms with van der Waals surface area (Å²) in [6.45, 7) is 2.00. The van der Waals surface area contributed by atoms with Gasteiger partial charge in [0.1, 0.15) is 5.41 Å². The summed E-state index contributed by atoms with van der Waals surface area (Å²) in [6, 6.07) is 2.18. The third-order valence-corrected chi connectivity index (χ3v) is 3.25. The van der Waals surface area contributed by atoms with Gasteiger partial charge in [0.2, 0.25) is 5.91 Å². The SMILES string of the molecule is COCCN(CCOC)C(=O)C1(C#N)CCC1. The Morgan fingerprint density at radius 1 is 1.29 bits per heavy atom. The summed E-state index contributed by atoms with van der Waals surface area (Å²) in [7, 11) is 3.20. The lowest BCUT2D eigenvalue weighted by atomic mass is 9.69. The fraction of sp³-hybridized carbons (Fsp3) is 0.833. The average Bonchev–Trinajstić information content (AvgIpc) is 2.28. The molecule has 5 heteroatoms. The van der Waals surface area contributed by atoms with E-state index < -0.39 is 5.41 Å². The molecule has 0 atom stereocenters. The van der Waals surface area contributed by atoms with Gasteiger partial charge in [0, 0.05) is 27.3 Å². The highest BCUT2D eigenvalue weighted by atomic mass is 16.5. The van der Waals surface area contributed by atoms with Gasteiger partial charge >= 0.3 is 0 Å². The van der Waals surface area contributed by atoms with Gasteiger partial charge in [0.15, 0.2) is 0 Å². The van der Waals surface area contributed by atoms with Crippen molar-refractivity contribution < 1.29 is 14.3 Å². The fourth-order valence-corrected chi connectivity index (χ4v) is 1.92. The van der Waals surface area contributed by atoms with E-state index in [4.69, 9.17) is 14.7 Å². The van der Waals surface area contributed by atoms with E-state index in [-0.39, 0.29) is 5.91 Å². The Bertz CT molecular complexity index is 287.